The summed E-state index contributed by atoms with van der Waals surface area (Å²) in [6.45, 7) is 2.03. The molecular formula is C19H18N2O4S. The summed E-state index contributed by atoms with van der Waals surface area (Å²) in [4.78, 5) is 12.7. The molecule has 0 amide bonds. The first-order valence-corrected chi connectivity index (χ1v) is 9.31. The number of fused-ring (bicyclic) bond motifs is 1. The van der Waals surface area contributed by atoms with E-state index in [1.165, 1.54) is 23.8 Å². The Morgan fingerprint density at radius 1 is 1.15 bits per heavy atom. The molecule has 0 radical (unpaired) electrons. The van der Waals surface area contributed by atoms with Gasteiger partial charge in [0.15, 0.2) is 0 Å². The molecule has 0 bridgehead atoms. The normalized spacial score (nSPS) is 11.3. The van der Waals surface area contributed by atoms with E-state index in [-0.39, 0.29) is 22.7 Å². The van der Waals surface area contributed by atoms with Crippen molar-refractivity contribution in [1.82, 2.24) is 8.54 Å². The van der Waals surface area contributed by atoms with Gasteiger partial charge >= 0.3 is 0 Å². The highest BCUT2D eigenvalue weighted by molar-refractivity contribution is 7.90. The quantitative estimate of drug-likeness (QED) is 0.660. The van der Waals surface area contributed by atoms with Crippen LogP contribution in [0, 0.1) is 18.8 Å². The van der Waals surface area contributed by atoms with E-state index in [0.29, 0.717) is 5.39 Å². The highest BCUT2D eigenvalue weighted by atomic mass is 32.2. The number of nitrogens with zero attached hydrogens (tertiary/aromatic N) is 2. The number of aromatic nitrogens is 2. The van der Waals surface area contributed by atoms with Gasteiger partial charge in [-0.05, 0) is 37.1 Å². The molecule has 0 fully saturated rings. The Balaban J connectivity index is 2.37. The van der Waals surface area contributed by atoms with Crippen LogP contribution < -0.4 is 5.56 Å². The summed E-state index contributed by atoms with van der Waals surface area (Å²) in [7, 11) is -0.906. The Bertz CT molecular complexity index is 1190. The topological polar surface area (TPSA) is 70.3 Å². The van der Waals surface area contributed by atoms with Gasteiger partial charge in [0, 0.05) is 25.7 Å². The number of methoxy groups -OCH3 is 1. The number of ether oxygens (including phenoxy) is 1. The van der Waals surface area contributed by atoms with Gasteiger partial charge in [-0.15, -0.1) is 0 Å². The van der Waals surface area contributed by atoms with Crippen molar-refractivity contribution in [3.05, 3.63) is 64.2 Å². The number of benzene rings is 1. The maximum Gasteiger partial charge on any atom is 0.275 e. The van der Waals surface area contributed by atoms with Crippen LogP contribution in [-0.4, -0.2) is 30.7 Å². The molecule has 134 valence electrons. The third kappa shape index (κ3) is 3.05. The van der Waals surface area contributed by atoms with Crippen LogP contribution in [-0.2, 0) is 21.8 Å². The third-order valence-electron chi connectivity index (χ3n) is 3.98. The molecule has 0 saturated carbocycles. The minimum atomic E-state index is -3.99. The zero-order valence-corrected chi connectivity index (χ0v) is 15.5. The van der Waals surface area contributed by atoms with Crippen molar-refractivity contribution in [3.8, 4) is 11.8 Å². The third-order valence-corrected chi connectivity index (χ3v) is 5.71. The fourth-order valence-corrected chi connectivity index (χ4v) is 4.10. The molecule has 2 aromatic heterocycles. The second kappa shape index (κ2) is 6.83. The highest BCUT2D eigenvalue weighted by Crippen LogP contribution is 2.23. The van der Waals surface area contributed by atoms with Crippen molar-refractivity contribution in [1.29, 1.82) is 0 Å². The number of pyridine rings is 1. The van der Waals surface area contributed by atoms with Crippen molar-refractivity contribution >= 4 is 20.9 Å². The Labute approximate surface area is 151 Å². The smallest absolute Gasteiger partial charge is 0.275 e. The highest BCUT2D eigenvalue weighted by Gasteiger charge is 2.24. The minimum Gasteiger partial charge on any atom is -0.372 e. The average Bonchev–Trinajstić information content (AvgIpc) is 2.99. The summed E-state index contributed by atoms with van der Waals surface area (Å²) >= 11 is 0. The first-order valence-electron chi connectivity index (χ1n) is 7.87. The summed E-state index contributed by atoms with van der Waals surface area (Å²) < 4.78 is 33.8. The van der Waals surface area contributed by atoms with Crippen LogP contribution >= 0.6 is 0 Å². The second-order valence-corrected chi connectivity index (χ2v) is 7.67. The molecular weight excluding hydrogens is 352 g/mol. The molecule has 0 aliphatic rings. The van der Waals surface area contributed by atoms with Crippen molar-refractivity contribution < 1.29 is 13.2 Å². The van der Waals surface area contributed by atoms with Crippen LogP contribution in [0.3, 0.4) is 0 Å². The van der Waals surface area contributed by atoms with Crippen molar-refractivity contribution in [2.24, 2.45) is 7.05 Å². The van der Waals surface area contributed by atoms with Crippen LogP contribution in [0.1, 0.15) is 11.3 Å². The molecule has 0 aliphatic heterocycles. The molecule has 1 aromatic carbocycles. The summed E-state index contributed by atoms with van der Waals surface area (Å²) in [5.74, 6) is 5.55. The fraction of sp³-hybridized carbons (Fsp3) is 0.211. The molecule has 0 saturated heterocycles. The van der Waals surface area contributed by atoms with Gasteiger partial charge in [-0.25, -0.2) is 12.4 Å². The van der Waals surface area contributed by atoms with Crippen molar-refractivity contribution in [2.45, 2.75) is 11.8 Å². The molecule has 26 heavy (non-hydrogen) atoms. The minimum absolute atomic E-state index is 0.0808. The first-order chi connectivity index (χ1) is 12.4. The summed E-state index contributed by atoms with van der Waals surface area (Å²) in [5.41, 5.74) is 0.841. The summed E-state index contributed by atoms with van der Waals surface area (Å²) in [5, 5.41) is 0.519. The molecule has 0 atom stereocenters. The number of rotatable bonds is 3. The Hall–Kier alpha value is -2.82. The standard InChI is InChI=1S/C19H18N2O4S/c1-14-6-8-17(9-7-14)26(23,24)21-16(5-4-12-25-3)13-15-10-11-20(2)19(22)18(15)21/h6-11,13H,12H2,1-3H3. The lowest BCUT2D eigenvalue weighted by Gasteiger charge is -2.10. The SMILES string of the molecule is COCC#Cc1cc2ccn(C)c(=O)c2n1S(=O)(=O)c1ccc(C)cc1. The molecule has 7 heteroatoms. The van der Waals surface area contributed by atoms with E-state index in [9.17, 15) is 13.2 Å². The van der Waals surface area contributed by atoms with Gasteiger partial charge in [-0.2, -0.15) is 0 Å². The fourth-order valence-electron chi connectivity index (χ4n) is 2.63. The van der Waals surface area contributed by atoms with Gasteiger partial charge < -0.3 is 9.30 Å². The van der Waals surface area contributed by atoms with E-state index >= 15 is 0 Å². The van der Waals surface area contributed by atoms with Gasteiger partial charge in [0.05, 0.1) is 4.90 Å². The lowest BCUT2D eigenvalue weighted by Crippen LogP contribution is -2.23. The Morgan fingerprint density at radius 3 is 2.50 bits per heavy atom. The van der Waals surface area contributed by atoms with Crippen molar-refractivity contribution in [3.63, 3.8) is 0 Å². The lowest BCUT2D eigenvalue weighted by atomic mass is 10.2. The molecule has 0 unspecified atom stereocenters. The molecule has 3 aromatic rings. The van der Waals surface area contributed by atoms with Crippen LogP contribution in [0.5, 0.6) is 0 Å². The van der Waals surface area contributed by atoms with Gasteiger partial charge in [0.1, 0.15) is 17.8 Å². The summed E-state index contributed by atoms with van der Waals surface area (Å²) in [6, 6.07) is 9.77. The van der Waals surface area contributed by atoms with Crippen LogP contribution in [0.4, 0.5) is 0 Å². The number of hydrogen-bond acceptors (Lipinski definition) is 4. The van der Waals surface area contributed by atoms with E-state index in [4.69, 9.17) is 4.74 Å². The zero-order valence-electron chi connectivity index (χ0n) is 14.7. The molecule has 6 nitrogen and oxygen atoms in total. The van der Waals surface area contributed by atoms with E-state index in [0.717, 1.165) is 9.54 Å². The lowest BCUT2D eigenvalue weighted by molar-refractivity contribution is 0.240. The maximum atomic E-state index is 13.3. The Morgan fingerprint density at radius 2 is 1.85 bits per heavy atom. The van der Waals surface area contributed by atoms with Crippen LogP contribution in [0.15, 0.2) is 52.3 Å². The predicted octanol–water partition coefficient (Wildman–Crippen LogP) is 1.88. The van der Waals surface area contributed by atoms with E-state index in [2.05, 4.69) is 11.8 Å². The van der Waals surface area contributed by atoms with Crippen molar-refractivity contribution in [2.75, 3.05) is 13.7 Å². The average molecular weight is 370 g/mol. The Kier molecular flexibility index (Phi) is 4.72. The monoisotopic (exact) mass is 370 g/mol. The van der Waals surface area contributed by atoms with Crippen LogP contribution in [0.25, 0.3) is 10.9 Å². The number of hydrogen-bond donors (Lipinski definition) is 0. The molecule has 2 heterocycles. The van der Waals surface area contributed by atoms with E-state index in [1.807, 2.05) is 6.92 Å². The largest absolute Gasteiger partial charge is 0.372 e. The predicted molar refractivity (Wildman–Crippen MR) is 99.7 cm³/mol. The van der Waals surface area contributed by atoms with Gasteiger partial charge in [0.25, 0.3) is 15.6 Å². The maximum absolute atomic E-state index is 13.3. The van der Waals surface area contributed by atoms with E-state index < -0.39 is 15.6 Å². The van der Waals surface area contributed by atoms with E-state index in [1.54, 1.807) is 37.5 Å². The molecule has 0 N–H and O–H groups in total. The van der Waals surface area contributed by atoms with Gasteiger partial charge in [-0.3, -0.25) is 4.79 Å². The molecule has 3 rings (SSSR count). The molecule has 0 spiro atoms. The zero-order chi connectivity index (χ0) is 18.9. The number of aryl methyl sites for hydroxylation is 2. The summed E-state index contributed by atoms with van der Waals surface area (Å²) in [6.07, 6.45) is 1.60. The molecule has 0 aliphatic carbocycles. The van der Waals surface area contributed by atoms with Crippen LogP contribution in [0.2, 0.25) is 0 Å². The van der Waals surface area contributed by atoms with Gasteiger partial charge in [-0.1, -0.05) is 23.6 Å². The van der Waals surface area contributed by atoms with Gasteiger partial charge in [0.2, 0.25) is 0 Å². The second-order valence-electron chi connectivity index (χ2n) is 5.88. The first kappa shape index (κ1) is 18.0.